The van der Waals surface area contributed by atoms with Gasteiger partial charge in [0.25, 0.3) is 5.91 Å². The molecule has 2 aliphatic rings. The van der Waals surface area contributed by atoms with Crippen molar-refractivity contribution in [1.82, 2.24) is 15.0 Å². The number of hydroxylamine groups is 1. The number of anilines is 6. The van der Waals surface area contributed by atoms with Gasteiger partial charge in [0.2, 0.25) is 23.8 Å². The monoisotopic (exact) mass is 646 g/mol. The van der Waals surface area contributed by atoms with Crippen LogP contribution in [0.4, 0.5) is 34.9 Å². The van der Waals surface area contributed by atoms with Gasteiger partial charge in [0, 0.05) is 73.7 Å². The Morgan fingerprint density at radius 3 is 1.81 bits per heavy atom. The Bertz CT molecular complexity index is 1440. The molecule has 11 N–H and O–H groups in total. The van der Waals surface area contributed by atoms with Crippen molar-refractivity contribution in [1.29, 1.82) is 0 Å². The average Bonchev–Trinajstić information content (AvgIpc) is 3.04. The second-order valence-corrected chi connectivity index (χ2v) is 12.5. The van der Waals surface area contributed by atoms with Crippen molar-refractivity contribution in [3.05, 3.63) is 54.1 Å². The molecule has 0 saturated carbocycles. The fourth-order valence-electron chi connectivity index (χ4n) is 5.89. The lowest BCUT2D eigenvalue weighted by Gasteiger charge is -2.37. The lowest BCUT2D eigenvalue weighted by Crippen LogP contribution is -2.54. The molecule has 0 aliphatic carbocycles. The number of hydrogen-bond donors (Lipinski definition) is 7. The number of amides is 2. The van der Waals surface area contributed by atoms with Crippen molar-refractivity contribution in [2.75, 3.05) is 51.7 Å². The van der Waals surface area contributed by atoms with Crippen LogP contribution in [0.15, 0.2) is 48.5 Å². The molecule has 3 aromatic rings. The Morgan fingerprint density at radius 2 is 1.30 bits per heavy atom. The smallest absolute Gasteiger partial charge is 0.281 e. The number of nitrogens with zero attached hydrogens (tertiary/aromatic N) is 6. The molecular weight excluding hydrogens is 600 g/mol. The summed E-state index contributed by atoms with van der Waals surface area (Å²) < 4.78 is 0. The zero-order valence-corrected chi connectivity index (χ0v) is 26.8. The summed E-state index contributed by atoms with van der Waals surface area (Å²) in [6, 6.07) is 12.6. The molecule has 0 radical (unpaired) electrons. The van der Waals surface area contributed by atoms with Crippen molar-refractivity contribution >= 4 is 46.7 Å². The number of unbranched alkanes of at least 4 members (excludes halogenated alkanes) is 2. The molecule has 2 aliphatic heterocycles. The number of aromatic nitrogens is 3. The highest BCUT2D eigenvalue weighted by molar-refractivity contribution is 6.04. The summed E-state index contributed by atoms with van der Waals surface area (Å²) in [6.45, 7) is 4.31. The third-order valence-corrected chi connectivity index (χ3v) is 8.19. The molecule has 15 nitrogen and oxygen atoms in total. The number of nitrogens with one attached hydrogen (secondary N) is 2. The molecule has 2 fully saturated rings. The Labute approximate surface area is 274 Å². The molecule has 2 aromatic carbocycles. The van der Waals surface area contributed by atoms with Gasteiger partial charge >= 0.3 is 0 Å². The highest BCUT2D eigenvalue weighted by Crippen LogP contribution is 2.25. The van der Waals surface area contributed by atoms with Gasteiger partial charge in [-0.05, 0) is 67.8 Å². The summed E-state index contributed by atoms with van der Waals surface area (Å²) in [4.78, 5) is 43.2. The van der Waals surface area contributed by atoms with Crippen molar-refractivity contribution in [2.45, 2.75) is 69.6 Å². The summed E-state index contributed by atoms with van der Waals surface area (Å²) >= 11 is 0. The average molecular weight is 647 g/mol. The van der Waals surface area contributed by atoms with Crippen LogP contribution in [0.1, 0.15) is 55.8 Å². The van der Waals surface area contributed by atoms with Gasteiger partial charge in [-0.2, -0.15) is 20.0 Å². The first-order chi connectivity index (χ1) is 22.6. The molecule has 5 rings (SSSR count). The Morgan fingerprint density at radius 1 is 0.787 bits per heavy atom. The molecule has 47 heavy (non-hydrogen) atoms. The number of hydrogen-bond acceptors (Lipinski definition) is 13. The minimum atomic E-state index is -0.617. The fourth-order valence-corrected chi connectivity index (χ4v) is 5.89. The van der Waals surface area contributed by atoms with Crippen molar-refractivity contribution in [3.8, 4) is 0 Å². The lowest BCUT2D eigenvalue weighted by atomic mass is 10.0. The first-order valence-corrected chi connectivity index (χ1v) is 16.2. The van der Waals surface area contributed by atoms with Crippen LogP contribution in [0.3, 0.4) is 0 Å². The van der Waals surface area contributed by atoms with Crippen LogP contribution in [-0.2, 0) is 4.79 Å². The second-order valence-electron chi connectivity index (χ2n) is 12.5. The fraction of sp³-hybridized carbons (Fsp3) is 0.469. The van der Waals surface area contributed by atoms with E-state index in [-0.39, 0.29) is 41.3 Å². The van der Waals surface area contributed by atoms with Crippen LogP contribution >= 0.6 is 0 Å². The third kappa shape index (κ3) is 9.11. The van der Waals surface area contributed by atoms with Gasteiger partial charge in [0.05, 0.1) is 5.69 Å². The number of piperidine rings is 2. The maximum absolute atomic E-state index is 13.1. The summed E-state index contributed by atoms with van der Waals surface area (Å²) in [5, 5.41) is 17.3. The molecule has 4 atom stereocenters. The van der Waals surface area contributed by atoms with E-state index in [1.807, 2.05) is 9.80 Å². The van der Waals surface area contributed by atoms with Crippen molar-refractivity contribution < 1.29 is 14.8 Å². The Hall–Kier alpha value is -4.41. The van der Waals surface area contributed by atoms with Crippen LogP contribution in [0.5, 0.6) is 0 Å². The van der Waals surface area contributed by atoms with Gasteiger partial charge in [-0.1, -0.05) is 19.8 Å². The van der Waals surface area contributed by atoms with E-state index >= 15 is 0 Å². The van der Waals surface area contributed by atoms with E-state index in [1.165, 1.54) is 0 Å². The number of carbonyl (C=O) groups excluding carboxylic acids is 2. The molecule has 0 bridgehead atoms. The summed E-state index contributed by atoms with van der Waals surface area (Å²) in [7, 11) is 0. The van der Waals surface area contributed by atoms with Gasteiger partial charge in [-0.25, -0.2) is 0 Å². The Kier molecular flexibility index (Phi) is 11.2. The van der Waals surface area contributed by atoms with Gasteiger partial charge in [-0.3, -0.25) is 14.8 Å². The summed E-state index contributed by atoms with van der Waals surface area (Å²) in [6.07, 6.45) is 4.75. The molecule has 15 heteroatoms. The quantitative estimate of drug-likeness (QED) is 0.0897. The molecule has 0 spiro atoms. The number of rotatable bonds is 11. The van der Waals surface area contributed by atoms with E-state index in [9.17, 15) is 14.8 Å². The van der Waals surface area contributed by atoms with Gasteiger partial charge < -0.3 is 43.4 Å². The maximum Gasteiger partial charge on any atom is 0.281 e. The van der Waals surface area contributed by atoms with Crippen molar-refractivity contribution in [3.63, 3.8) is 0 Å². The lowest BCUT2D eigenvalue weighted by molar-refractivity contribution is -0.116. The predicted octanol–water partition coefficient (Wildman–Crippen LogP) is 1.90. The first-order valence-electron chi connectivity index (χ1n) is 16.2. The van der Waals surface area contributed by atoms with Crippen LogP contribution in [0, 0.1) is 0 Å². The highest BCUT2D eigenvalue weighted by atomic mass is 16.5. The van der Waals surface area contributed by atoms with Crippen LogP contribution in [-0.4, -0.2) is 82.3 Å². The van der Waals surface area contributed by atoms with Crippen LogP contribution in [0.25, 0.3) is 0 Å². The van der Waals surface area contributed by atoms with E-state index < -0.39 is 5.91 Å². The van der Waals surface area contributed by atoms with Crippen molar-refractivity contribution in [2.24, 2.45) is 22.9 Å². The topological polar surface area (TPSA) is 231 Å². The van der Waals surface area contributed by atoms with Crippen LogP contribution < -0.4 is 48.4 Å². The highest BCUT2D eigenvalue weighted by Gasteiger charge is 2.29. The minimum absolute atomic E-state index is 0.0683. The zero-order valence-electron chi connectivity index (χ0n) is 26.8. The molecule has 1 aromatic heterocycles. The van der Waals surface area contributed by atoms with E-state index in [0.29, 0.717) is 79.7 Å². The number of nitrogens with two attached hydrogens (primary N) is 4. The molecular formula is C32H46N12O3. The maximum atomic E-state index is 13.1. The largest absolute Gasteiger partial charge is 0.338 e. The molecule has 3 heterocycles. The predicted molar refractivity (Wildman–Crippen MR) is 183 cm³/mol. The molecule has 252 valence electrons. The molecule has 2 amide bonds. The normalized spacial score (nSPS) is 21.3. The number of carbonyl (C=O) groups is 2. The standard InChI is InChI=1S/C32H46N12O3/c1-2-3-4-5-28(45)37-25-10-12-27(13-11-25)44(47)29(46)20-6-8-26(9-7-20)38-30-39-31(42-16-21(33)14-22(34)17-42)41-32(40-30)43-18-23(35)15-24(36)19-43/h6-13,21-24,47H,2-5,14-19,33-36H2,1H3,(H,37,45)(H,38,39,40,41)/t21-,22+,23-,24+. The Balaban J connectivity index is 1.28. The summed E-state index contributed by atoms with van der Waals surface area (Å²) in [5.74, 6) is 0.501. The van der Waals surface area contributed by atoms with Gasteiger partial charge in [0.1, 0.15) is 0 Å². The minimum Gasteiger partial charge on any atom is -0.338 e. The van der Waals surface area contributed by atoms with Crippen LogP contribution in [0.2, 0.25) is 0 Å². The molecule has 0 unspecified atom stereocenters. The third-order valence-electron chi connectivity index (χ3n) is 8.19. The zero-order chi connectivity index (χ0) is 33.5. The van der Waals surface area contributed by atoms with E-state index in [1.54, 1.807) is 48.5 Å². The summed E-state index contributed by atoms with van der Waals surface area (Å²) in [5.41, 5.74) is 26.8. The van der Waals surface area contributed by atoms with Gasteiger partial charge in [-0.15, -0.1) is 0 Å². The SMILES string of the molecule is CCCCCC(=O)Nc1ccc(N(O)C(=O)c2ccc(Nc3nc(N4C[C@H](N)C[C@H](N)C4)nc(N4C[C@H](N)C[C@H](N)C4)n3)cc2)cc1. The number of benzene rings is 2. The van der Waals surface area contributed by atoms with E-state index in [0.717, 1.165) is 19.3 Å². The van der Waals surface area contributed by atoms with Gasteiger partial charge in [0.15, 0.2) is 0 Å². The van der Waals surface area contributed by atoms with E-state index in [2.05, 4.69) is 27.5 Å². The first kappa shape index (κ1) is 33.9. The second kappa shape index (κ2) is 15.5. The molecule has 2 saturated heterocycles. The van der Waals surface area contributed by atoms with E-state index in [4.69, 9.17) is 27.9 Å².